The molecule has 152 valence electrons. The third kappa shape index (κ3) is 3.88. The van der Waals surface area contributed by atoms with Crippen LogP contribution < -0.4 is 10.2 Å². The molecular weight excluding hydrogens is 352 g/mol. The summed E-state index contributed by atoms with van der Waals surface area (Å²) in [6, 6.07) is 8.07. The van der Waals surface area contributed by atoms with E-state index >= 15 is 0 Å². The zero-order chi connectivity index (χ0) is 19.6. The van der Waals surface area contributed by atoms with Gasteiger partial charge in [0, 0.05) is 50.6 Å². The molecule has 1 aliphatic carbocycles. The summed E-state index contributed by atoms with van der Waals surface area (Å²) in [6.45, 7) is 8.63. The molecule has 2 saturated heterocycles. The minimum atomic E-state index is -0.833. The Labute approximate surface area is 167 Å². The van der Waals surface area contributed by atoms with E-state index in [4.69, 9.17) is 0 Å². The van der Waals surface area contributed by atoms with E-state index < -0.39 is 5.41 Å². The van der Waals surface area contributed by atoms with Gasteiger partial charge >= 0.3 is 0 Å². The summed E-state index contributed by atoms with van der Waals surface area (Å²) in [5.41, 5.74) is 1.16. The van der Waals surface area contributed by atoms with Gasteiger partial charge in [-0.05, 0) is 62.9 Å². The number of likely N-dealkylation sites (N-methyl/N-ethyl adjacent to an activating group) is 1. The summed E-state index contributed by atoms with van der Waals surface area (Å²) in [5.74, 6) is -0.119. The van der Waals surface area contributed by atoms with E-state index in [2.05, 4.69) is 34.2 Å². The molecule has 6 nitrogen and oxygen atoms in total. The minimum Gasteiger partial charge on any atom is -0.372 e. The Morgan fingerprint density at radius 2 is 1.57 bits per heavy atom. The lowest BCUT2D eigenvalue weighted by molar-refractivity contribution is -0.143. The number of hydrogen-bond acceptors (Lipinski definition) is 4. The molecule has 0 bridgehead atoms. The standard InChI is InChI=1S/C22H32N4O2/c1-2-24-14-16-26(17-15-24)21(28)22(10-11-22)20(27)23-18-6-8-19(9-7-18)25-12-4-3-5-13-25/h6-9H,2-5,10-17H2,1H3,(H,23,27). The molecule has 0 unspecified atom stereocenters. The highest BCUT2D eigenvalue weighted by Gasteiger charge is 2.58. The molecule has 1 saturated carbocycles. The molecule has 6 heteroatoms. The normalized spacial score (nSPS) is 22.0. The maximum Gasteiger partial charge on any atom is 0.240 e. The van der Waals surface area contributed by atoms with Crippen LogP contribution in [0.1, 0.15) is 39.0 Å². The van der Waals surface area contributed by atoms with Gasteiger partial charge in [-0.3, -0.25) is 9.59 Å². The summed E-state index contributed by atoms with van der Waals surface area (Å²) in [7, 11) is 0. The first-order valence-electron chi connectivity index (χ1n) is 10.8. The Bertz CT molecular complexity index is 700. The lowest BCUT2D eigenvalue weighted by atomic mass is 10.0. The lowest BCUT2D eigenvalue weighted by Gasteiger charge is -2.35. The molecule has 0 aromatic heterocycles. The van der Waals surface area contributed by atoms with Gasteiger partial charge in [0.2, 0.25) is 11.8 Å². The van der Waals surface area contributed by atoms with E-state index in [0.717, 1.165) is 51.5 Å². The number of piperidine rings is 1. The van der Waals surface area contributed by atoms with Gasteiger partial charge in [-0.1, -0.05) is 6.92 Å². The van der Waals surface area contributed by atoms with E-state index in [1.54, 1.807) is 0 Å². The average Bonchev–Trinajstić information content (AvgIpc) is 3.57. The number of nitrogens with one attached hydrogen (secondary N) is 1. The molecule has 0 radical (unpaired) electrons. The van der Waals surface area contributed by atoms with E-state index in [1.165, 1.54) is 24.9 Å². The van der Waals surface area contributed by atoms with Crippen molar-refractivity contribution in [3.8, 4) is 0 Å². The Morgan fingerprint density at radius 3 is 2.14 bits per heavy atom. The highest BCUT2D eigenvalue weighted by atomic mass is 16.2. The van der Waals surface area contributed by atoms with E-state index in [1.807, 2.05) is 17.0 Å². The molecule has 4 rings (SSSR count). The third-order valence-corrected chi connectivity index (χ3v) is 6.55. The van der Waals surface area contributed by atoms with Crippen molar-refractivity contribution in [2.24, 2.45) is 5.41 Å². The number of rotatable bonds is 5. The Morgan fingerprint density at radius 1 is 0.929 bits per heavy atom. The number of benzene rings is 1. The predicted molar refractivity (Wildman–Crippen MR) is 111 cm³/mol. The van der Waals surface area contributed by atoms with Gasteiger partial charge in [0.15, 0.2) is 0 Å². The molecule has 0 spiro atoms. The fourth-order valence-corrected chi connectivity index (χ4v) is 4.39. The fourth-order valence-electron chi connectivity index (χ4n) is 4.39. The van der Waals surface area contributed by atoms with E-state index in [-0.39, 0.29) is 11.8 Å². The molecule has 1 aromatic rings. The second kappa shape index (κ2) is 8.11. The molecule has 1 N–H and O–H groups in total. The Kier molecular flexibility index (Phi) is 5.58. The van der Waals surface area contributed by atoms with Gasteiger partial charge in [0.25, 0.3) is 0 Å². The molecular formula is C22H32N4O2. The summed E-state index contributed by atoms with van der Waals surface area (Å²) < 4.78 is 0. The van der Waals surface area contributed by atoms with Crippen molar-refractivity contribution in [1.29, 1.82) is 0 Å². The Hall–Kier alpha value is -2.08. The lowest BCUT2D eigenvalue weighted by Crippen LogP contribution is -2.52. The van der Waals surface area contributed by atoms with Crippen LogP contribution in [-0.2, 0) is 9.59 Å². The van der Waals surface area contributed by atoms with Crippen LogP contribution >= 0.6 is 0 Å². The minimum absolute atomic E-state index is 0.0192. The smallest absolute Gasteiger partial charge is 0.240 e. The molecule has 28 heavy (non-hydrogen) atoms. The van der Waals surface area contributed by atoms with Crippen LogP contribution in [0, 0.1) is 5.41 Å². The van der Waals surface area contributed by atoms with Crippen LogP contribution in [0.5, 0.6) is 0 Å². The van der Waals surface area contributed by atoms with Crippen molar-refractivity contribution in [2.75, 3.05) is 56.0 Å². The highest BCUT2D eigenvalue weighted by molar-refractivity contribution is 6.13. The summed E-state index contributed by atoms with van der Waals surface area (Å²) in [4.78, 5) is 32.5. The van der Waals surface area contributed by atoms with Crippen molar-refractivity contribution < 1.29 is 9.59 Å². The summed E-state index contributed by atoms with van der Waals surface area (Å²) in [6.07, 6.45) is 5.13. The van der Waals surface area contributed by atoms with Gasteiger partial charge < -0.3 is 20.0 Å². The van der Waals surface area contributed by atoms with Crippen molar-refractivity contribution in [3.05, 3.63) is 24.3 Å². The molecule has 2 amide bonds. The topological polar surface area (TPSA) is 55.9 Å². The molecule has 1 aromatic carbocycles. The van der Waals surface area contributed by atoms with Crippen molar-refractivity contribution in [3.63, 3.8) is 0 Å². The second-order valence-corrected chi connectivity index (χ2v) is 8.36. The number of piperazine rings is 1. The maximum absolute atomic E-state index is 13.0. The van der Waals surface area contributed by atoms with Crippen LogP contribution in [0.25, 0.3) is 0 Å². The quantitative estimate of drug-likeness (QED) is 0.793. The number of nitrogens with zero attached hydrogens (tertiary/aromatic N) is 3. The van der Waals surface area contributed by atoms with E-state index in [0.29, 0.717) is 12.8 Å². The van der Waals surface area contributed by atoms with Crippen molar-refractivity contribution in [2.45, 2.75) is 39.0 Å². The molecule has 2 aliphatic heterocycles. The number of amides is 2. The predicted octanol–water partition coefficient (Wildman–Crippen LogP) is 2.56. The second-order valence-electron chi connectivity index (χ2n) is 8.36. The molecule has 2 heterocycles. The van der Waals surface area contributed by atoms with Crippen LogP contribution in [0.2, 0.25) is 0 Å². The van der Waals surface area contributed by atoms with Crippen LogP contribution in [0.4, 0.5) is 11.4 Å². The van der Waals surface area contributed by atoms with Gasteiger partial charge in [0.1, 0.15) is 5.41 Å². The largest absolute Gasteiger partial charge is 0.372 e. The summed E-state index contributed by atoms with van der Waals surface area (Å²) >= 11 is 0. The first kappa shape index (κ1) is 19.2. The van der Waals surface area contributed by atoms with Gasteiger partial charge in [-0.2, -0.15) is 0 Å². The van der Waals surface area contributed by atoms with Gasteiger partial charge in [0.05, 0.1) is 0 Å². The zero-order valence-electron chi connectivity index (χ0n) is 17.0. The van der Waals surface area contributed by atoms with Crippen molar-refractivity contribution >= 4 is 23.2 Å². The third-order valence-electron chi connectivity index (χ3n) is 6.55. The zero-order valence-corrected chi connectivity index (χ0v) is 17.0. The first-order chi connectivity index (χ1) is 13.6. The van der Waals surface area contributed by atoms with Gasteiger partial charge in [-0.15, -0.1) is 0 Å². The molecule has 3 aliphatic rings. The van der Waals surface area contributed by atoms with Crippen molar-refractivity contribution in [1.82, 2.24) is 9.80 Å². The molecule has 0 atom stereocenters. The number of carbonyl (C=O) groups excluding carboxylic acids is 2. The highest BCUT2D eigenvalue weighted by Crippen LogP contribution is 2.48. The number of hydrogen-bond donors (Lipinski definition) is 1. The first-order valence-corrected chi connectivity index (χ1v) is 10.8. The van der Waals surface area contributed by atoms with Gasteiger partial charge in [-0.25, -0.2) is 0 Å². The van der Waals surface area contributed by atoms with Crippen LogP contribution in [-0.4, -0.2) is 67.4 Å². The fraction of sp³-hybridized carbons (Fsp3) is 0.636. The number of carbonyl (C=O) groups is 2. The average molecular weight is 385 g/mol. The maximum atomic E-state index is 13.0. The molecule has 3 fully saturated rings. The number of anilines is 2. The van der Waals surface area contributed by atoms with E-state index in [9.17, 15) is 9.59 Å². The monoisotopic (exact) mass is 384 g/mol. The van der Waals surface area contributed by atoms with Crippen LogP contribution in [0.15, 0.2) is 24.3 Å². The SMILES string of the molecule is CCN1CCN(C(=O)C2(C(=O)Nc3ccc(N4CCCCC4)cc3)CC2)CC1. The Balaban J connectivity index is 1.35. The van der Waals surface area contributed by atoms with Crippen LogP contribution in [0.3, 0.4) is 0 Å². The summed E-state index contributed by atoms with van der Waals surface area (Å²) in [5, 5.41) is 3.00.